The lowest BCUT2D eigenvalue weighted by atomic mass is 10.2. The SMILES string of the molecule is COc1cc2ncnc(Oc3ccc(NC(=O)Cn4cnc(C(C)C)n4)cc3)c2cc1OC. The second kappa shape index (κ2) is 9.51. The minimum atomic E-state index is -0.202. The van der Waals surface area contributed by atoms with Gasteiger partial charge < -0.3 is 19.5 Å². The normalized spacial score (nSPS) is 10.9. The molecule has 0 radical (unpaired) electrons. The van der Waals surface area contributed by atoms with Gasteiger partial charge in [0.1, 0.15) is 24.9 Å². The molecule has 0 fully saturated rings. The lowest BCUT2D eigenvalue weighted by Crippen LogP contribution is -2.19. The van der Waals surface area contributed by atoms with Crippen LogP contribution in [0.25, 0.3) is 10.9 Å². The predicted molar refractivity (Wildman–Crippen MR) is 122 cm³/mol. The molecule has 0 unspecified atom stereocenters. The highest BCUT2D eigenvalue weighted by molar-refractivity contribution is 5.90. The molecule has 1 amide bonds. The summed E-state index contributed by atoms with van der Waals surface area (Å²) in [7, 11) is 3.13. The Bertz CT molecular complexity index is 1270. The highest BCUT2D eigenvalue weighted by Gasteiger charge is 2.13. The van der Waals surface area contributed by atoms with Crippen molar-refractivity contribution >= 4 is 22.5 Å². The number of carbonyl (C=O) groups excluding carboxylic acids is 1. The number of rotatable bonds is 8. The number of benzene rings is 2. The van der Waals surface area contributed by atoms with E-state index in [1.165, 1.54) is 11.0 Å². The molecular formula is C23H24N6O4. The number of methoxy groups -OCH3 is 2. The number of nitrogens with zero attached hydrogens (tertiary/aromatic N) is 5. The Morgan fingerprint density at radius 3 is 2.42 bits per heavy atom. The van der Waals surface area contributed by atoms with Crippen molar-refractivity contribution in [2.45, 2.75) is 26.3 Å². The van der Waals surface area contributed by atoms with Crippen LogP contribution in [0.3, 0.4) is 0 Å². The first-order chi connectivity index (χ1) is 16.0. The van der Waals surface area contributed by atoms with Gasteiger partial charge in [-0.05, 0) is 30.3 Å². The molecule has 0 saturated carbocycles. The summed E-state index contributed by atoms with van der Waals surface area (Å²) in [5, 5.41) is 7.82. The van der Waals surface area contributed by atoms with Gasteiger partial charge in [-0.3, -0.25) is 4.79 Å². The summed E-state index contributed by atoms with van der Waals surface area (Å²) >= 11 is 0. The van der Waals surface area contributed by atoms with Crippen LogP contribution < -0.4 is 19.5 Å². The maximum atomic E-state index is 12.3. The number of nitrogens with one attached hydrogen (secondary N) is 1. The highest BCUT2D eigenvalue weighted by atomic mass is 16.5. The minimum absolute atomic E-state index is 0.0796. The zero-order valence-electron chi connectivity index (χ0n) is 18.8. The van der Waals surface area contributed by atoms with Crippen molar-refractivity contribution in [3.63, 3.8) is 0 Å². The van der Waals surface area contributed by atoms with Gasteiger partial charge in [-0.1, -0.05) is 13.8 Å². The van der Waals surface area contributed by atoms with Gasteiger partial charge in [0.15, 0.2) is 17.3 Å². The van der Waals surface area contributed by atoms with Crippen molar-refractivity contribution < 1.29 is 19.0 Å². The highest BCUT2D eigenvalue weighted by Crippen LogP contribution is 2.35. The second-order valence-electron chi connectivity index (χ2n) is 7.53. The van der Waals surface area contributed by atoms with E-state index in [1.54, 1.807) is 56.9 Å². The largest absolute Gasteiger partial charge is 0.493 e. The molecule has 0 spiro atoms. The van der Waals surface area contributed by atoms with Crippen molar-refractivity contribution in [2.75, 3.05) is 19.5 Å². The van der Waals surface area contributed by atoms with E-state index in [0.29, 0.717) is 45.5 Å². The summed E-state index contributed by atoms with van der Waals surface area (Å²) in [5.74, 6) is 2.77. The van der Waals surface area contributed by atoms with Crippen molar-refractivity contribution in [1.82, 2.24) is 24.7 Å². The van der Waals surface area contributed by atoms with Gasteiger partial charge in [0.25, 0.3) is 0 Å². The molecule has 10 heteroatoms. The number of ether oxygens (including phenoxy) is 3. The van der Waals surface area contributed by atoms with Gasteiger partial charge >= 0.3 is 0 Å². The van der Waals surface area contributed by atoms with Crippen LogP contribution in [-0.2, 0) is 11.3 Å². The van der Waals surface area contributed by atoms with Crippen LogP contribution in [-0.4, -0.2) is 44.9 Å². The first-order valence-corrected chi connectivity index (χ1v) is 10.3. The monoisotopic (exact) mass is 448 g/mol. The molecule has 0 saturated heterocycles. The van der Waals surface area contributed by atoms with Crippen molar-refractivity contribution in [3.8, 4) is 23.1 Å². The molecular weight excluding hydrogens is 424 g/mol. The lowest BCUT2D eigenvalue weighted by molar-refractivity contribution is -0.116. The number of fused-ring (bicyclic) bond motifs is 1. The minimum Gasteiger partial charge on any atom is -0.493 e. The molecule has 0 aliphatic heterocycles. The standard InChI is InChI=1S/C23H24N6O4/c1-14(2)22-26-13-29(28-22)11-21(30)27-15-5-7-16(8-6-15)33-23-17-9-19(31-3)20(32-4)10-18(17)24-12-25-23/h5-10,12-14H,11H2,1-4H3,(H,27,30). The van der Waals surface area contributed by atoms with E-state index in [2.05, 4.69) is 25.4 Å². The molecule has 4 rings (SSSR count). The maximum Gasteiger partial charge on any atom is 0.246 e. The van der Waals surface area contributed by atoms with E-state index in [1.807, 2.05) is 13.8 Å². The van der Waals surface area contributed by atoms with Gasteiger partial charge in [0.2, 0.25) is 11.8 Å². The number of hydrogen-bond acceptors (Lipinski definition) is 8. The Hall–Kier alpha value is -4.21. The summed E-state index contributed by atoms with van der Waals surface area (Å²) < 4.78 is 18.2. The lowest BCUT2D eigenvalue weighted by Gasteiger charge is -2.12. The molecule has 2 aromatic heterocycles. The van der Waals surface area contributed by atoms with Gasteiger partial charge in [-0.25, -0.2) is 19.6 Å². The quantitative estimate of drug-likeness (QED) is 0.433. The van der Waals surface area contributed by atoms with Gasteiger partial charge in [-0.2, -0.15) is 5.10 Å². The average molecular weight is 448 g/mol. The van der Waals surface area contributed by atoms with Crippen LogP contribution in [0.1, 0.15) is 25.6 Å². The third-order valence-corrected chi connectivity index (χ3v) is 4.83. The zero-order valence-corrected chi connectivity index (χ0v) is 18.8. The van der Waals surface area contributed by atoms with E-state index in [-0.39, 0.29) is 18.4 Å². The topological polar surface area (TPSA) is 113 Å². The fraction of sp³-hybridized carbons (Fsp3) is 0.261. The van der Waals surface area contributed by atoms with E-state index >= 15 is 0 Å². The first kappa shape index (κ1) is 22.0. The van der Waals surface area contributed by atoms with Crippen molar-refractivity contribution in [3.05, 3.63) is 54.9 Å². The number of amides is 1. The molecule has 33 heavy (non-hydrogen) atoms. The summed E-state index contributed by atoms with van der Waals surface area (Å²) in [4.78, 5) is 25.0. The fourth-order valence-electron chi connectivity index (χ4n) is 3.16. The molecule has 4 aromatic rings. The molecule has 0 atom stereocenters. The number of hydrogen-bond donors (Lipinski definition) is 1. The Labute approximate surface area is 190 Å². The summed E-state index contributed by atoms with van der Waals surface area (Å²) in [6.45, 7) is 4.08. The Balaban J connectivity index is 1.45. The van der Waals surface area contributed by atoms with Gasteiger partial charge in [0, 0.05) is 17.7 Å². The number of aromatic nitrogens is 5. The van der Waals surface area contributed by atoms with Crippen molar-refractivity contribution in [1.29, 1.82) is 0 Å². The Kier molecular flexibility index (Phi) is 6.34. The van der Waals surface area contributed by atoms with Gasteiger partial charge in [0.05, 0.1) is 25.1 Å². The smallest absolute Gasteiger partial charge is 0.246 e. The predicted octanol–water partition coefficient (Wildman–Crippen LogP) is 3.79. The molecule has 1 N–H and O–H groups in total. The van der Waals surface area contributed by atoms with E-state index in [9.17, 15) is 4.79 Å². The maximum absolute atomic E-state index is 12.3. The molecule has 0 aliphatic rings. The fourth-order valence-corrected chi connectivity index (χ4v) is 3.16. The van der Waals surface area contributed by atoms with E-state index in [0.717, 1.165) is 0 Å². The third-order valence-electron chi connectivity index (χ3n) is 4.83. The second-order valence-corrected chi connectivity index (χ2v) is 7.53. The Morgan fingerprint density at radius 2 is 1.76 bits per heavy atom. The zero-order chi connectivity index (χ0) is 23.4. The van der Waals surface area contributed by atoms with E-state index in [4.69, 9.17) is 14.2 Å². The average Bonchev–Trinajstić information content (AvgIpc) is 3.28. The first-order valence-electron chi connectivity index (χ1n) is 10.3. The van der Waals surface area contributed by atoms with Crippen LogP contribution in [0, 0.1) is 0 Å². The van der Waals surface area contributed by atoms with Crippen LogP contribution in [0.5, 0.6) is 23.1 Å². The number of carbonyl (C=O) groups is 1. The molecule has 0 bridgehead atoms. The summed E-state index contributed by atoms with van der Waals surface area (Å²) in [5.41, 5.74) is 1.30. The van der Waals surface area contributed by atoms with Crippen molar-refractivity contribution in [2.24, 2.45) is 0 Å². The molecule has 10 nitrogen and oxygen atoms in total. The van der Waals surface area contributed by atoms with Gasteiger partial charge in [-0.15, -0.1) is 0 Å². The van der Waals surface area contributed by atoms with Crippen LogP contribution in [0.2, 0.25) is 0 Å². The van der Waals surface area contributed by atoms with Crippen LogP contribution in [0.15, 0.2) is 49.1 Å². The molecule has 0 aliphatic carbocycles. The summed E-state index contributed by atoms with van der Waals surface area (Å²) in [6, 6.07) is 10.5. The summed E-state index contributed by atoms with van der Waals surface area (Å²) in [6.07, 6.45) is 2.98. The molecule has 2 aromatic carbocycles. The van der Waals surface area contributed by atoms with Crippen LogP contribution >= 0.6 is 0 Å². The van der Waals surface area contributed by atoms with E-state index < -0.39 is 0 Å². The Morgan fingerprint density at radius 1 is 1.03 bits per heavy atom. The third kappa shape index (κ3) is 5.00. The molecule has 2 heterocycles. The molecule has 170 valence electrons. The number of anilines is 1. The van der Waals surface area contributed by atoms with Crippen LogP contribution in [0.4, 0.5) is 5.69 Å².